The van der Waals surface area contributed by atoms with Crippen molar-refractivity contribution in [2.24, 2.45) is 5.73 Å². The lowest BCUT2D eigenvalue weighted by Crippen LogP contribution is -2.11. The molecule has 2 rings (SSSR count). The van der Waals surface area contributed by atoms with Gasteiger partial charge in [-0.05, 0) is 30.7 Å². The van der Waals surface area contributed by atoms with Crippen LogP contribution in [0.15, 0.2) is 28.8 Å². The summed E-state index contributed by atoms with van der Waals surface area (Å²) in [7, 11) is 0. The van der Waals surface area contributed by atoms with Crippen LogP contribution in [0, 0.1) is 11.3 Å². The molecule has 0 fully saturated rings. The van der Waals surface area contributed by atoms with Crippen LogP contribution < -0.4 is 5.73 Å². The lowest BCUT2D eigenvalue weighted by molar-refractivity contribution is 0.413. The van der Waals surface area contributed by atoms with Crippen LogP contribution >= 0.6 is 0 Å². The number of hydrogen-bond acceptors (Lipinski definition) is 5. The highest BCUT2D eigenvalue weighted by atomic mass is 16.5. The molecule has 2 aromatic rings. The Labute approximate surface area is 105 Å². The maximum atomic E-state index is 8.72. The largest absolute Gasteiger partial charge is 0.334 e. The van der Waals surface area contributed by atoms with Gasteiger partial charge in [-0.2, -0.15) is 10.2 Å². The van der Waals surface area contributed by atoms with Gasteiger partial charge in [0.25, 0.3) is 5.89 Å². The molecule has 92 valence electrons. The van der Waals surface area contributed by atoms with E-state index in [2.05, 4.69) is 23.1 Å². The first-order valence-corrected chi connectivity index (χ1v) is 5.84. The van der Waals surface area contributed by atoms with Crippen LogP contribution in [0.4, 0.5) is 0 Å². The second-order valence-corrected chi connectivity index (χ2v) is 4.04. The topological polar surface area (TPSA) is 88.7 Å². The molecule has 0 saturated heterocycles. The lowest BCUT2D eigenvalue weighted by atomic mass is 10.1. The van der Waals surface area contributed by atoms with Crippen LogP contribution in [-0.4, -0.2) is 10.1 Å². The number of rotatable bonds is 4. The van der Waals surface area contributed by atoms with Gasteiger partial charge in [-0.25, -0.2) is 0 Å². The monoisotopic (exact) mass is 242 g/mol. The van der Waals surface area contributed by atoms with E-state index >= 15 is 0 Å². The van der Waals surface area contributed by atoms with E-state index in [0.717, 1.165) is 18.4 Å². The van der Waals surface area contributed by atoms with E-state index in [1.807, 2.05) is 0 Å². The molecule has 0 radical (unpaired) electrons. The van der Waals surface area contributed by atoms with Crippen molar-refractivity contribution in [3.63, 3.8) is 0 Å². The maximum Gasteiger partial charge on any atom is 0.257 e. The fourth-order valence-electron chi connectivity index (χ4n) is 1.63. The summed E-state index contributed by atoms with van der Waals surface area (Å²) in [6, 6.07) is 8.86. The molecule has 2 N–H and O–H groups in total. The summed E-state index contributed by atoms with van der Waals surface area (Å²) in [4.78, 5) is 4.27. The summed E-state index contributed by atoms with van der Waals surface area (Å²) in [5.74, 6) is 0.956. The molecular formula is C13H14N4O. The van der Waals surface area contributed by atoms with Crippen LogP contribution in [0.1, 0.15) is 37.2 Å². The van der Waals surface area contributed by atoms with Gasteiger partial charge in [0.1, 0.15) is 0 Å². The van der Waals surface area contributed by atoms with Gasteiger partial charge >= 0.3 is 0 Å². The Bertz CT molecular complexity index is 553. The van der Waals surface area contributed by atoms with Crippen molar-refractivity contribution in [3.8, 4) is 17.5 Å². The lowest BCUT2D eigenvalue weighted by Gasteiger charge is -2.02. The molecule has 0 bridgehead atoms. The van der Waals surface area contributed by atoms with Crippen molar-refractivity contribution in [1.29, 1.82) is 5.26 Å². The van der Waals surface area contributed by atoms with Gasteiger partial charge in [0.15, 0.2) is 5.82 Å². The molecule has 1 unspecified atom stereocenters. The Kier molecular flexibility index (Phi) is 3.70. The molecule has 1 atom stereocenters. The molecule has 5 heteroatoms. The molecule has 0 saturated carbocycles. The third kappa shape index (κ3) is 2.55. The minimum Gasteiger partial charge on any atom is -0.334 e. The second kappa shape index (κ2) is 5.43. The molecule has 1 aromatic carbocycles. The third-order valence-electron chi connectivity index (χ3n) is 2.63. The zero-order valence-corrected chi connectivity index (χ0v) is 10.1. The number of hydrogen-bond donors (Lipinski definition) is 1. The number of benzene rings is 1. The second-order valence-electron chi connectivity index (χ2n) is 4.04. The zero-order chi connectivity index (χ0) is 13.0. The average molecular weight is 242 g/mol. The highest BCUT2D eigenvalue weighted by Gasteiger charge is 2.14. The van der Waals surface area contributed by atoms with E-state index < -0.39 is 0 Å². The standard InChI is InChI=1S/C13H14N4O/c1-2-3-11(15)12-16-13(18-17-12)10-6-4-9(8-14)5-7-10/h4-7,11H,2-3,15H2,1H3. The summed E-state index contributed by atoms with van der Waals surface area (Å²) in [5.41, 5.74) is 7.30. The van der Waals surface area contributed by atoms with E-state index in [1.165, 1.54) is 0 Å². The van der Waals surface area contributed by atoms with Crippen LogP contribution in [-0.2, 0) is 0 Å². The molecular weight excluding hydrogens is 228 g/mol. The van der Waals surface area contributed by atoms with Crippen molar-refractivity contribution in [3.05, 3.63) is 35.7 Å². The third-order valence-corrected chi connectivity index (χ3v) is 2.63. The first-order valence-electron chi connectivity index (χ1n) is 5.84. The van der Waals surface area contributed by atoms with Crippen molar-refractivity contribution in [2.45, 2.75) is 25.8 Å². The summed E-state index contributed by atoms with van der Waals surface area (Å²) < 4.78 is 5.17. The Morgan fingerprint density at radius 3 is 2.72 bits per heavy atom. The molecule has 0 aliphatic rings. The minimum absolute atomic E-state index is 0.189. The first kappa shape index (κ1) is 12.3. The Morgan fingerprint density at radius 2 is 2.11 bits per heavy atom. The molecule has 0 aliphatic carbocycles. The van der Waals surface area contributed by atoms with Gasteiger partial charge in [-0.3, -0.25) is 0 Å². The van der Waals surface area contributed by atoms with Crippen LogP contribution in [0.2, 0.25) is 0 Å². The first-order chi connectivity index (χ1) is 8.74. The summed E-state index contributed by atoms with van der Waals surface area (Å²) in [6.07, 6.45) is 1.80. The zero-order valence-electron chi connectivity index (χ0n) is 10.1. The van der Waals surface area contributed by atoms with Crippen LogP contribution in [0.5, 0.6) is 0 Å². The van der Waals surface area contributed by atoms with Crippen LogP contribution in [0.3, 0.4) is 0 Å². The summed E-state index contributed by atoms with van der Waals surface area (Å²) >= 11 is 0. The average Bonchev–Trinajstić information content (AvgIpc) is 2.89. The normalized spacial score (nSPS) is 12.1. The number of aromatic nitrogens is 2. The Balaban J connectivity index is 2.21. The molecule has 5 nitrogen and oxygen atoms in total. The van der Waals surface area contributed by atoms with Crippen molar-refractivity contribution < 1.29 is 4.52 Å². The molecule has 0 aliphatic heterocycles. The van der Waals surface area contributed by atoms with E-state index in [9.17, 15) is 0 Å². The smallest absolute Gasteiger partial charge is 0.257 e. The molecule has 1 aromatic heterocycles. The van der Waals surface area contributed by atoms with Crippen molar-refractivity contribution in [1.82, 2.24) is 10.1 Å². The Hall–Kier alpha value is -2.19. The van der Waals surface area contributed by atoms with Crippen molar-refractivity contribution in [2.75, 3.05) is 0 Å². The van der Waals surface area contributed by atoms with Crippen LogP contribution in [0.25, 0.3) is 11.5 Å². The number of nitrogens with zero attached hydrogens (tertiary/aromatic N) is 3. The summed E-state index contributed by atoms with van der Waals surface area (Å²) in [6.45, 7) is 2.06. The van der Waals surface area contributed by atoms with Gasteiger partial charge in [0.05, 0.1) is 17.7 Å². The molecule has 0 spiro atoms. The van der Waals surface area contributed by atoms with Gasteiger partial charge in [-0.1, -0.05) is 18.5 Å². The van der Waals surface area contributed by atoms with E-state index in [0.29, 0.717) is 17.3 Å². The van der Waals surface area contributed by atoms with Gasteiger partial charge in [0.2, 0.25) is 0 Å². The van der Waals surface area contributed by atoms with E-state index in [1.54, 1.807) is 24.3 Å². The van der Waals surface area contributed by atoms with Gasteiger partial charge < -0.3 is 10.3 Å². The van der Waals surface area contributed by atoms with Crippen molar-refractivity contribution >= 4 is 0 Å². The molecule has 0 amide bonds. The molecule has 1 heterocycles. The van der Waals surface area contributed by atoms with E-state index in [4.69, 9.17) is 15.5 Å². The highest BCUT2D eigenvalue weighted by molar-refractivity contribution is 5.54. The van der Waals surface area contributed by atoms with Gasteiger partial charge in [-0.15, -0.1) is 0 Å². The summed E-state index contributed by atoms with van der Waals surface area (Å²) in [5, 5.41) is 12.6. The fourth-order valence-corrected chi connectivity index (χ4v) is 1.63. The highest BCUT2D eigenvalue weighted by Crippen LogP contribution is 2.20. The fraction of sp³-hybridized carbons (Fsp3) is 0.308. The number of nitriles is 1. The maximum absolute atomic E-state index is 8.72. The SMILES string of the molecule is CCCC(N)c1noc(-c2ccc(C#N)cc2)n1. The van der Waals surface area contributed by atoms with Gasteiger partial charge in [0, 0.05) is 5.56 Å². The quantitative estimate of drug-likeness (QED) is 0.889. The number of nitrogens with two attached hydrogens (primary N) is 1. The Morgan fingerprint density at radius 1 is 1.39 bits per heavy atom. The predicted octanol–water partition coefficient (Wildman–Crippen LogP) is 2.41. The van der Waals surface area contributed by atoms with E-state index in [-0.39, 0.29) is 6.04 Å². The minimum atomic E-state index is -0.189. The molecule has 18 heavy (non-hydrogen) atoms. The predicted molar refractivity (Wildman–Crippen MR) is 66.3 cm³/mol.